The van der Waals surface area contributed by atoms with E-state index in [1.54, 1.807) is 24.2 Å². The Labute approximate surface area is 228 Å². The Kier molecular flexibility index (Phi) is 7.89. The molecule has 0 aliphatic rings. The standard InChI is InChI=1S/C28H22ClN5OS2/c1-19-22(29)10-7-12-24(19)34-27(20-14-16-30-17-15-20)32-33-28(34)36-18-26(35)31-23-11-5-6-13-25(23)37-21-8-3-2-4-9-21/h2-17H,18H2,1H3,(H,31,35). The zero-order valence-corrected chi connectivity index (χ0v) is 22.2. The maximum absolute atomic E-state index is 13.0. The van der Waals surface area contributed by atoms with E-state index in [2.05, 4.69) is 20.5 Å². The molecule has 0 spiro atoms. The number of pyridine rings is 1. The van der Waals surface area contributed by atoms with Gasteiger partial charge < -0.3 is 5.32 Å². The average Bonchev–Trinajstić information content (AvgIpc) is 3.35. The highest BCUT2D eigenvalue weighted by molar-refractivity contribution is 8.00. The van der Waals surface area contributed by atoms with E-state index in [4.69, 9.17) is 11.6 Å². The molecule has 0 atom stereocenters. The van der Waals surface area contributed by atoms with Crippen LogP contribution in [0.3, 0.4) is 0 Å². The normalized spacial score (nSPS) is 10.9. The van der Waals surface area contributed by atoms with Gasteiger partial charge in [-0.25, -0.2) is 0 Å². The number of nitrogens with one attached hydrogen (secondary N) is 1. The van der Waals surface area contributed by atoms with Crippen LogP contribution < -0.4 is 5.32 Å². The van der Waals surface area contributed by atoms with Gasteiger partial charge in [-0.15, -0.1) is 10.2 Å². The number of amides is 1. The molecule has 0 fully saturated rings. The van der Waals surface area contributed by atoms with Crippen LogP contribution in [0.25, 0.3) is 17.1 Å². The Balaban J connectivity index is 1.38. The van der Waals surface area contributed by atoms with Crippen LogP contribution in [0.2, 0.25) is 5.02 Å². The van der Waals surface area contributed by atoms with Gasteiger partial charge in [0, 0.05) is 32.8 Å². The van der Waals surface area contributed by atoms with Crippen molar-refractivity contribution in [2.24, 2.45) is 0 Å². The first-order chi connectivity index (χ1) is 18.1. The van der Waals surface area contributed by atoms with Crippen LogP contribution in [-0.2, 0) is 4.79 Å². The first-order valence-electron chi connectivity index (χ1n) is 11.5. The van der Waals surface area contributed by atoms with Gasteiger partial charge in [-0.1, -0.05) is 71.5 Å². The molecule has 0 saturated carbocycles. The van der Waals surface area contributed by atoms with Gasteiger partial charge in [0.15, 0.2) is 11.0 Å². The van der Waals surface area contributed by atoms with Crippen molar-refractivity contribution in [2.75, 3.05) is 11.1 Å². The predicted molar refractivity (Wildman–Crippen MR) is 151 cm³/mol. The van der Waals surface area contributed by atoms with Crippen molar-refractivity contribution in [2.45, 2.75) is 21.9 Å². The molecular formula is C28H22ClN5OS2. The molecular weight excluding hydrogens is 522 g/mol. The summed E-state index contributed by atoms with van der Waals surface area (Å²) >= 11 is 9.36. The summed E-state index contributed by atoms with van der Waals surface area (Å²) in [6.45, 7) is 1.95. The molecule has 5 aromatic rings. The molecule has 2 aromatic heterocycles. The lowest BCUT2D eigenvalue weighted by atomic mass is 10.2. The Hall–Kier alpha value is -3.59. The van der Waals surface area contributed by atoms with E-state index in [0.717, 1.165) is 32.3 Å². The van der Waals surface area contributed by atoms with Crippen molar-refractivity contribution in [3.63, 3.8) is 0 Å². The summed E-state index contributed by atoms with van der Waals surface area (Å²) in [6.07, 6.45) is 3.43. The first-order valence-corrected chi connectivity index (χ1v) is 13.6. The summed E-state index contributed by atoms with van der Waals surface area (Å²) in [5.41, 5.74) is 3.39. The number of carbonyl (C=O) groups excluding carboxylic acids is 1. The van der Waals surface area contributed by atoms with E-state index >= 15 is 0 Å². The summed E-state index contributed by atoms with van der Waals surface area (Å²) in [5, 5.41) is 13.2. The smallest absolute Gasteiger partial charge is 0.234 e. The first kappa shape index (κ1) is 25.1. The molecule has 9 heteroatoms. The molecule has 1 N–H and O–H groups in total. The molecule has 0 radical (unpaired) electrons. The van der Waals surface area contributed by atoms with Crippen LogP contribution in [0, 0.1) is 6.92 Å². The number of para-hydroxylation sites is 1. The van der Waals surface area contributed by atoms with E-state index in [0.29, 0.717) is 16.0 Å². The Bertz CT molecular complexity index is 1530. The van der Waals surface area contributed by atoms with Gasteiger partial charge in [0.05, 0.1) is 17.1 Å². The van der Waals surface area contributed by atoms with Crippen molar-refractivity contribution in [3.05, 3.63) is 108 Å². The van der Waals surface area contributed by atoms with Gasteiger partial charge in [0.25, 0.3) is 0 Å². The lowest BCUT2D eigenvalue weighted by molar-refractivity contribution is -0.113. The van der Waals surface area contributed by atoms with E-state index in [9.17, 15) is 4.79 Å². The second-order valence-electron chi connectivity index (χ2n) is 8.01. The summed E-state index contributed by atoms with van der Waals surface area (Å²) in [7, 11) is 0. The lowest BCUT2D eigenvalue weighted by Crippen LogP contribution is -2.15. The van der Waals surface area contributed by atoms with Gasteiger partial charge in [-0.3, -0.25) is 14.3 Å². The van der Waals surface area contributed by atoms with Crippen molar-refractivity contribution in [3.8, 4) is 17.1 Å². The molecule has 5 rings (SSSR count). The number of hydrogen-bond donors (Lipinski definition) is 1. The second-order valence-corrected chi connectivity index (χ2v) is 10.5. The maximum Gasteiger partial charge on any atom is 0.234 e. The SMILES string of the molecule is Cc1c(Cl)cccc1-n1c(SCC(=O)Nc2ccccc2Sc2ccccc2)nnc1-c1ccncc1. The molecule has 0 aliphatic carbocycles. The number of thioether (sulfide) groups is 1. The molecule has 184 valence electrons. The minimum Gasteiger partial charge on any atom is -0.324 e. The predicted octanol–water partition coefficient (Wildman–Crippen LogP) is 7.17. The molecule has 0 bridgehead atoms. The number of anilines is 1. The van der Waals surface area contributed by atoms with Crippen LogP contribution in [0.4, 0.5) is 5.69 Å². The number of hydrogen-bond acceptors (Lipinski definition) is 6. The summed E-state index contributed by atoms with van der Waals surface area (Å²) in [4.78, 5) is 19.2. The average molecular weight is 544 g/mol. The summed E-state index contributed by atoms with van der Waals surface area (Å²) in [6, 6.07) is 27.3. The lowest BCUT2D eigenvalue weighted by Gasteiger charge is -2.14. The van der Waals surface area contributed by atoms with E-state index < -0.39 is 0 Å². The molecule has 6 nitrogen and oxygen atoms in total. The van der Waals surface area contributed by atoms with Gasteiger partial charge in [-0.05, 0) is 61.0 Å². The van der Waals surface area contributed by atoms with E-state index in [-0.39, 0.29) is 11.7 Å². The molecule has 37 heavy (non-hydrogen) atoms. The molecule has 3 aromatic carbocycles. The highest BCUT2D eigenvalue weighted by Crippen LogP contribution is 2.34. The largest absolute Gasteiger partial charge is 0.324 e. The molecule has 2 heterocycles. The maximum atomic E-state index is 13.0. The van der Waals surface area contributed by atoms with Crippen molar-refractivity contribution in [1.29, 1.82) is 0 Å². The molecule has 1 amide bonds. The third kappa shape index (κ3) is 5.88. The second kappa shape index (κ2) is 11.6. The number of carbonyl (C=O) groups is 1. The minimum absolute atomic E-state index is 0.131. The Morgan fingerprint density at radius 3 is 2.49 bits per heavy atom. The van der Waals surface area contributed by atoms with Crippen LogP contribution in [-0.4, -0.2) is 31.4 Å². The third-order valence-electron chi connectivity index (χ3n) is 5.52. The molecule has 0 saturated heterocycles. The van der Waals surface area contributed by atoms with Gasteiger partial charge in [0.2, 0.25) is 5.91 Å². The number of nitrogens with zero attached hydrogens (tertiary/aromatic N) is 4. The van der Waals surface area contributed by atoms with Crippen molar-refractivity contribution < 1.29 is 4.79 Å². The van der Waals surface area contributed by atoms with Gasteiger partial charge >= 0.3 is 0 Å². The monoisotopic (exact) mass is 543 g/mol. The Morgan fingerprint density at radius 1 is 0.919 bits per heavy atom. The van der Waals surface area contributed by atoms with Crippen LogP contribution in [0.1, 0.15) is 5.56 Å². The topological polar surface area (TPSA) is 72.7 Å². The zero-order chi connectivity index (χ0) is 25.6. The fourth-order valence-corrected chi connectivity index (χ4v) is 5.53. The third-order valence-corrected chi connectivity index (χ3v) is 7.94. The molecule has 0 aliphatic heterocycles. The van der Waals surface area contributed by atoms with E-state index in [1.165, 1.54) is 11.8 Å². The van der Waals surface area contributed by atoms with Crippen LogP contribution in [0.5, 0.6) is 0 Å². The number of halogens is 1. The number of aromatic nitrogens is 4. The minimum atomic E-state index is -0.131. The highest BCUT2D eigenvalue weighted by Gasteiger charge is 2.19. The number of benzene rings is 3. The fraction of sp³-hybridized carbons (Fsp3) is 0.0714. The Morgan fingerprint density at radius 2 is 1.68 bits per heavy atom. The zero-order valence-electron chi connectivity index (χ0n) is 19.8. The van der Waals surface area contributed by atoms with Gasteiger partial charge in [0.1, 0.15) is 0 Å². The van der Waals surface area contributed by atoms with E-state index in [1.807, 2.05) is 96.4 Å². The summed E-state index contributed by atoms with van der Waals surface area (Å²) in [5.74, 6) is 0.688. The van der Waals surface area contributed by atoms with Crippen molar-refractivity contribution in [1.82, 2.24) is 19.7 Å². The van der Waals surface area contributed by atoms with Crippen molar-refractivity contribution >= 4 is 46.7 Å². The fourth-order valence-electron chi connectivity index (χ4n) is 3.70. The number of rotatable bonds is 8. The summed E-state index contributed by atoms with van der Waals surface area (Å²) < 4.78 is 1.94. The highest BCUT2D eigenvalue weighted by atomic mass is 35.5. The quantitative estimate of drug-likeness (QED) is 0.209. The van der Waals surface area contributed by atoms with Crippen LogP contribution >= 0.6 is 35.1 Å². The van der Waals surface area contributed by atoms with Gasteiger partial charge in [-0.2, -0.15) is 0 Å². The molecule has 0 unspecified atom stereocenters. The van der Waals surface area contributed by atoms with Crippen LogP contribution in [0.15, 0.2) is 112 Å².